The second-order valence-corrected chi connectivity index (χ2v) is 9.38. The summed E-state index contributed by atoms with van der Waals surface area (Å²) in [6.07, 6.45) is 3.37. The fourth-order valence-corrected chi connectivity index (χ4v) is 5.13. The van der Waals surface area contributed by atoms with Crippen LogP contribution in [0.1, 0.15) is 45.6 Å². The predicted molar refractivity (Wildman–Crippen MR) is 98.2 cm³/mol. The zero-order valence-electron chi connectivity index (χ0n) is 15.1. The number of halogens is 1. The molecule has 24 heavy (non-hydrogen) atoms. The Balaban J connectivity index is 1.45. The van der Waals surface area contributed by atoms with Crippen molar-refractivity contribution >= 4 is 11.6 Å². The first-order valence-corrected chi connectivity index (χ1v) is 9.37. The van der Waals surface area contributed by atoms with Gasteiger partial charge in [-0.05, 0) is 47.8 Å². The summed E-state index contributed by atoms with van der Waals surface area (Å²) in [4.78, 5) is 2.49. The lowest BCUT2D eigenvalue weighted by molar-refractivity contribution is 0.00606. The minimum Gasteiger partial charge on any atom is -0.389 e. The van der Waals surface area contributed by atoms with Crippen LogP contribution in [0.3, 0.4) is 0 Å². The molecule has 3 unspecified atom stereocenters. The lowest BCUT2D eigenvalue weighted by Crippen LogP contribution is -2.39. The predicted octanol–water partition coefficient (Wildman–Crippen LogP) is 4.12. The minimum absolute atomic E-state index is 0.381. The normalized spacial score (nSPS) is 30.5. The Kier molecular flexibility index (Phi) is 5.27. The molecule has 1 heterocycles. The molecule has 0 spiro atoms. The van der Waals surface area contributed by atoms with Crippen LogP contribution < -0.4 is 0 Å². The Hall–Kier alpha value is -0.610. The molecule has 3 atom stereocenters. The zero-order chi connectivity index (χ0) is 17.4. The number of hydrogen-bond acceptors (Lipinski definition) is 3. The summed E-state index contributed by atoms with van der Waals surface area (Å²) in [5.74, 6) is 0. The minimum atomic E-state index is -0.427. The molecule has 3 nitrogen and oxygen atoms in total. The number of likely N-dealkylation sites (tertiary alicyclic amines) is 1. The summed E-state index contributed by atoms with van der Waals surface area (Å²) in [5.41, 5.74) is 1.91. The maximum atomic E-state index is 10.4. The van der Waals surface area contributed by atoms with E-state index in [-0.39, 0.29) is 0 Å². The van der Waals surface area contributed by atoms with E-state index < -0.39 is 6.10 Å². The van der Waals surface area contributed by atoms with E-state index in [9.17, 15) is 5.11 Å². The van der Waals surface area contributed by atoms with Crippen molar-refractivity contribution in [1.29, 1.82) is 0 Å². The highest BCUT2D eigenvalue weighted by molar-refractivity contribution is 6.30. The summed E-state index contributed by atoms with van der Waals surface area (Å²) in [5, 5.41) is 11.1. The average Bonchev–Trinajstić information content (AvgIpc) is 2.69. The topological polar surface area (TPSA) is 32.7 Å². The van der Waals surface area contributed by atoms with Crippen molar-refractivity contribution in [2.75, 3.05) is 19.7 Å². The molecule has 1 N–H and O–H groups in total. The fraction of sp³-hybridized carbons (Fsp3) is 0.700. The molecule has 1 aromatic rings. The Labute approximate surface area is 150 Å². The Bertz CT molecular complexity index is 559. The van der Waals surface area contributed by atoms with Crippen LogP contribution in [0.5, 0.6) is 0 Å². The second kappa shape index (κ2) is 6.95. The van der Waals surface area contributed by atoms with E-state index in [0.29, 0.717) is 30.1 Å². The molecular weight excluding hydrogens is 322 g/mol. The summed E-state index contributed by atoms with van der Waals surface area (Å²) < 4.78 is 5.69. The van der Waals surface area contributed by atoms with Gasteiger partial charge in [0, 0.05) is 24.2 Å². The van der Waals surface area contributed by atoms with Crippen LogP contribution in [0.4, 0.5) is 0 Å². The molecule has 1 saturated carbocycles. The second-order valence-electron chi connectivity index (χ2n) is 8.94. The summed E-state index contributed by atoms with van der Waals surface area (Å²) in [6, 6.07) is 8.26. The smallest absolute Gasteiger partial charge is 0.0900 e. The maximum Gasteiger partial charge on any atom is 0.0900 e. The van der Waals surface area contributed by atoms with Gasteiger partial charge in [-0.3, -0.25) is 4.90 Å². The van der Waals surface area contributed by atoms with Gasteiger partial charge in [-0.2, -0.15) is 0 Å². The van der Waals surface area contributed by atoms with Crippen molar-refractivity contribution < 1.29 is 9.84 Å². The van der Waals surface area contributed by atoms with E-state index in [1.165, 1.54) is 19.3 Å². The molecule has 1 aliphatic heterocycles. The van der Waals surface area contributed by atoms with Gasteiger partial charge in [0.2, 0.25) is 0 Å². The van der Waals surface area contributed by atoms with Gasteiger partial charge in [0.1, 0.15) is 0 Å². The molecule has 3 rings (SSSR count). The first-order chi connectivity index (χ1) is 11.2. The standard InChI is InChI=1S/C20H30ClNO2/c1-19(2)8-17-9-20(3,13-19)14-22(17)10-18(23)12-24-11-15-4-6-16(21)7-5-15/h4-7,17-18,23H,8-14H2,1-3H3. The molecule has 1 saturated heterocycles. The highest BCUT2D eigenvalue weighted by Gasteiger charge is 2.49. The van der Waals surface area contributed by atoms with Crippen LogP contribution in [-0.4, -0.2) is 41.8 Å². The van der Waals surface area contributed by atoms with Crippen LogP contribution in [0.15, 0.2) is 24.3 Å². The monoisotopic (exact) mass is 351 g/mol. The van der Waals surface area contributed by atoms with Crippen LogP contribution >= 0.6 is 11.6 Å². The molecule has 2 fully saturated rings. The number of hydrogen-bond donors (Lipinski definition) is 1. The Morgan fingerprint density at radius 2 is 1.96 bits per heavy atom. The molecule has 1 aliphatic carbocycles. The number of ether oxygens (including phenoxy) is 1. The van der Waals surface area contributed by atoms with E-state index in [2.05, 4.69) is 25.7 Å². The molecule has 2 bridgehead atoms. The van der Waals surface area contributed by atoms with Crippen molar-refractivity contribution in [3.05, 3.63) is 34.9 Å². The zero-order valence-corrected chi connectivity index (χ0v) is 15.9. The van der Waals surface area contributed by atoms with E-state index in [0.717, 1.165) is 23.7 Å². The van der Waals surface area contributed by atoms with Gasteiger partial charge in [-0.15, -0.1) is 0 Å². The van der Waals surface area contributed by atoms with Gasteiger partial charge in [-0.25, -0.2) is 0 Å². The molecule has 2 aliphatic rings. The van der Waals surface area contributed by atoms with Crippen molar-refractivity contribution in [3.8, 4) is 0 Å². The number of rotatable bonds is 6. The van der Waals surface area contributed by atoms with Gasteiger partial charge >= 0.3 is 0 Å². The van der Waals surface area contributed by atoms with Crippen LogP contribution in [-0.2, 0) is 11.3 Å². The van der Waals surface area contributed by atoms with Crippen LogP contribution in [0, 0.1) is 10.8 Å². The van der Waals surface area contributed by atoms with Gasteiger partial charge in [0.15, 0.2) is 0 Å². The van der Waals surface area contributed by atoms with Gasteiger partial charge in [0.25, 0.3) is 0 Å². The Morgan fingerprint density at radius 3 is 2.67 bits per heavy atom. The van der Waals surface area contributed by atoms with E-state index >= 15 is 0 Å². The Morgan fingerprint density at radius 1 is 1.25 bits per heavy atom. The fourth-order valence-electron chi connectivity index (χ4n) is 5.01. The quantitative estimate of drug-likeness (QED) is 0.836. The number of benzene rings is 1. The highest BCUT2D eigenvalue weighted by Crippen LogP contribution is 2.52. The molecule has 4 heteroatoms. The van der Waals surface area contributed by atoms with Crippen molar-refractivity contribution in [2.45, 2.75) is 58.8 Å². The molecule has 1 aromatic carbocycles. The van der Waals surface area contributed by atoms with Crippen molar-refractivity contribution in [2.24, 2.45) is 10.8 Å². The summed E-state index contributed by atoms with van der Waals surface area (Å²) >= 11 is 5.88. The number of aliphatic hydroxyl groups excluding tert-OH is 1. The number of fused-ring (bicyclic) bond motifs is 2. The molecular formula is C20H30ClNO2. The number of nitrogens with zero attached hydrogens (tertiary/aromatic N) is 1. The lowest BCUT2D eigenvalue weighted by atomic mass is 9.65. The van der Waals surface area contributed by atoms with Crippen molar-refractivity contribution in [3.63, 3.8) is 0 Å². The average molecular weight is 352 g/mol. The summed E-state index contributed by atoms with van der Waals surface area (Å²) in [6.45, 7) is 9.89. The van der Waals surface area contributed by atoms with E-state index in [1.807, 2.05) is 24.3 Å². The lowest BCUT2D eigenvalue weighted by Gasteiger charge is -2.40. The van der Waals surface area contributed by atoms with Gasteiger partial charge < -0.3 is 9.84 Å². The third-order valence-corrected chi connectivity index (χ3v) is 5.71. The molecule has 134 valence electrons. The first kappa shape index (κ1) is 18.2. The molecule has 0 radical (unpaired) electrons. The number of aliphatic hydroxyl groups is 1. The van der Waals surface area contributed by atoms with E-state index in [4.69, 9.17) is 16.3 Å². The van der Waals surface area contributed by atoms with Gasteiger partial charge in [-0.1, -0.05) is 44.5 Å². The third-order valence-electron chi connectivity index (χ3n) is 5.46. The van der Waals surface area contributed by atoms with Gasteiger partial charge in [0.05, 0.1) is 19.3 Å². The van der Waals surface area contributed by atoms with Crippen LogP contribution in [0.2, 0.25) is 5.02 Å². The maximum absolute atomic E-state index is 10.4. The third kappa shape index (κ3) is 4.51. The molecule has 0 aromatic heterocycles. The summed E-state index contributed by atoms with van der Waals surface area (Å²) in [7, 11) is 0. The molecule has 0 amide bonds. The van der Waals surface area contributed by atoms with E-state index in [1.54, 1.807) is 0 Å². The highest BCUT2D eigenvalue weighted by atomic mass is 35.5. The largest absolute Gasteiger partial charge is 0.389 e. The SMILES string of the molecule is CC1(C)CC2CC(C)(CN2CC(O)COCc2ccc(Cl)cc2)C1. The number of β-amino-alcohol motifs (C(OH)–C–C–N with tert-alkyl or cyclic N) is 1. The van der Waals surface area contributed by atoms with Crippen LogP contribution in [0.25, 0.3) is 0 Å². The van der Waals surface area contributed by atoms with Crippen molar-refractivity contribution in [1.82, 2.24) is 4.90 Å². The first-order valence-electron chi connectivity index (χ1n) is 8.99.